The van der Waals surface area contributed by atoms with Crippen LogP contribution >= 0.6 is 0 Å². The Hall–Kier alpha value is -0.160. The molecular formula is C7H16O4. The van der Waals surface area contributed by atoms with Crippen LogP contribution in [-0.4, -0.2) is 34.5 Å². The molecule has 1 atom stereocenters. The van der Waals surface area contributed by atoms with Crippen LogP contribution < -0.4 is 0 Å². The van der Waals surface area contributed by atoms with Gasteiger partial charge in [0.05, 0.1) is 6.61 Å². The van der Waals surface area contributed by atoms with E-state index in [0.717, 1.165) is 6.42 Å². The SMILES string of the molecule is CCCC(O)OCCC(O)O. The van der Waals surface area contributed by atoms with Gasteiger partial charge in [-0.1, -0.05) is 13.3 Å². The highest BCUT2D eigenvalue weighted by Gasteiger charge is 2.03. The number of ether oxygens (including phenoxy) is 1. The molecule has 0 aliphatic heterocycles. The smallest absolute Gasteiger partial charge is 0.154 e. The van der Waals surface area contributed by atoms with Gasteiger partial charge >= 0.3 is 0 Å². The van der Waals surface area contributed by atoms with Crippen LogP contribution in [0, 0.1) is 0 Å². The minimum absolute atomic E-state index is 0.140. The molecule has 0 aromatic heterocycles. The molecular weight excluding hydrogens is 148 g/mol. The van der Waals surface area contributed by atoms with Crippen molar-refractivity contribution in [2.75, 3.05) is 6.61 Å². The van der Waals surface area contributed by atoms with Crippen molar-refractivity contribution in [3.63, 3.8) is 0 Å². The maximum Gasteiger partial charge on any atom is 0.154 e. The van der Waals surface area contributed by atoms with Crippen molar-refractivity contribution in [3.8, 4) is 0 Å². The molecule has 0 aliphatic carbocycles. The van der Waals surface area contributed by atoms with Gasteiger partial charge in [-0.05, 0) is 6.42 Å². The largest absolute Gasteiger partial charge is 0.368 e. The Labute approximate surface area is 66.4 Å². The molecule has 3 N–H and O–H groups in total. The van der Waals surface area contributed by atoms with E-state index >= 15 is 0 Å². The predicted octanol–water partition coefficient (Wildman–Crippen LogP) is -0.178. The van der Waals surface area contributed by atoms with E-state index in [1.165, 1.54) is 0 Å². The first kappa shape index (κ1) is 10.8. The van der Waals surface area contributed by atoms with E-state index in [1.807, 2.05) is 6.92 Å². The van der Waals surface area contributed by atoms with Crippen molar-refractivity contribution < 1.29 is 20.1 Å². The number of aliphatic hydroxyl groups is 3. The normalized spacial score (nSPS) is 13.9. The number of aliphatic hydroxyl groups excluding tert-OH is 2. The van der Waals surface area contributed by atoms with Gasteiger partial charge in [-0.15, -0.1) is 0 Å². The molecule has 1 unspecified atom stereocenters. The predicted molar refractivity (Wildman–Crippen MR) is 39.7 cm³/mol. The van der Waals surface area contributed by atoms with E-state index in [1.54, 1.807) is 0 Å². The molecule has 0 spiro atoms. The van der Waals surface area contributed by atoms with Gasteiger partial charge in [-0.3, -0.25) is 0 Å². The van der Waals surface area contributed by atoms with E-state index in [9.17, 15) is 0 Å². The van der Waals surface area contributed by atoms with Crippen LogP contribution in [0.1, 0.15) is 26.2 Å². The van der Waals surface area contributed by atoms with Crippen LogP contribution in [0.15, 0.2) is 0 Å². The summed E-state index contributed by atoms with van der Waals surface area (Å²) in [6, 6.07) is 0. The third-order valence-corrected chi connectivity index (χ3v) is 1.22. The van der Waals surface area contributed by atoms with Crippen LogP contribution in [0.4, 0.5) is 0 Å². The van der Waals surface area contributed by atoms with Gasteiger partial charge in [0.2, 0.25) is 0 Å². The minimum Gasteiger partial charge on any atom is -0.368 e. The Morgan fingerprint density at radius 2 is 1.82 bits per heavy atom. The zero-order valence-electron chi connectivity index (χ0n) is 6.73. The number of hydrogen-bond acceptors (Lipinski definition) is 4. The van der Waals surface area contributed by atoms with Crippen molar-refractivity contribution in [3.05, 3.63) is 0 Å². The van der Waals surface area contributed by atoms with Crippen LogP contribution in [0.5, 0.6) is 0 Å². The van der Waals surface area contributed by atoms with Gasteiger partial charge in [0.15, 0.2) is 12.6 Å². The van der Waals surface area contributed by atoms with Crippen molar-refractivity contribution in [2.24, 2.45) is 0 Å². The lowest BCUT2D eigenvalue weighted by molar-refractivity contribution is -0.126. The average molecular weight is 164 g/mol. The fourth-order valence-corrected chi connectivity index (χ4v) is 0.640. The van der Waals surface area contributed by atoms with Crippen molar-refractivity contribution >= 4 is 0 Å². The highest BCUT2D eigenvalue weighted by molar-refractivity contribution is 4.41. The Kier molecular flexibility index (Phi) is 6.45. The summed E-state index contributed by atoms with van der Waals surface area (Å²) in [6.07, 6.45) is -0.534. The first-order valence-electron chi connectivity index (χ1n) is 3.82. The molecule has 0 saturated carbocycles. The lowest BCUT2D eigenvalue weighted by Gasteiger charge is -2.10. The zero-order valence-corrected chi connectivity index (χ0v) is 6.73. The van der Waals surface area contributed by atoms with Crippen molar-refractivity contribution in [1.29, 1.82) is 0 Å². The van der Waals surface area contributed by atoms with Gasteiger partial charge in [-0.2, -0.15) is 0 Å². The summed E-state index contributed by atoms with van der Waals surface area (Å²) in [4.78, 5) is 0. The lowest BCUT2D eigenvalue weighted by Crippen LogP contribution is -2.16. The minimum atomic E-state index is -1.34. The number of rotatable bonds is 6. The third kappa shape index (κ3) is 7.74. The summed E-state index contributed by atoms with van der Waals surface area (Å²) >= 11 is 0. The first-order valence-corrected chi connectivity index (χ1v) is 3.82. The standard InChI is InChI=1S/C7H16O4/c1-2-3-7(10)11-5-4-6(8)9/h6-10H,2-5H2,1H3. The molecule has 0 radical (unpaired) electrons. The van der Waals surface area contributed by atoms with Gasteiger partial charge in [0, 0.05) is 6.42 Å². The Balaban J connectivity index is 3.10. The van der Waals surface area contributed by atoms with E-state index in [4.69, 9.17) is 20.1 Å². The molecule has 0 heterocycles. The maximum absolute atomic E-state index is 8.98. The second-order valence-electron chi connectivity index (χ2n) is 2.38. The fourth-order valence-electron chi connectivity index (χ4n) is 0.640. The maximum atomic E-state index is 8.98. The summed E-state index contributed by atoms with van der Waals surface area (Å²) < 4.78 is 4.83. The molecule has 11 heavy (non-hydrogen) atoms. The summed E-state index contributed by atoms with van der Waals surface area (Å²) in [6.45, 7) is 2.12. The Morgan fingerprint density at radius 3 is 2.27 bits per heavy atom. The molecule has 0 amide bonds. The van der Waals surface area contributed by atoms with Crippen LogP contribution in [0.2, 0.25) is 0 Å². The van der Waals surface area contributed by atoms with E-state index < -0.39 is 12.6 Å². The monoisotopic (exact) mass is 164 g/mol. The lowest BCUT2D eigenvalue weighted by atomic mass is 10.3. The Bertz CT molecular complexity index is 84.5. The molecule has 68 valence electrons. The summed E-state index contributed by atoms with van der Waals surface area (Å²) in [5, 5.41) is 25.8. The topological polar surface area (TPSA) is 69.9 Å². The summed E-state index contributed by atoms with van der Waals surface area (Å²) in [5.74, 6) is 0. The first-order chi connectivity index (χ1) is 5.16. The molecule has 0 aromatic carbocycles. The second kappa shape index (κ2) is 6.54. The summed E-state index contributed by atoms with van der Waals surface area (Å²) in [5.41, 5.74) is 0. The fraction of sp³-hybridized carbons (Fsp3) is 1.00. The molecule has 4 nitrogen and oxygen atoms in total. The van der Waals surface area contributed by atoms with Crippen LogP contribution in [0.25, 0.3) is 0 Å². The van der Waals surface area contributed by atoms with E-state index in [2.05, 4.69) is 0 Å². The number of hydrogen-bond donors (Lipinski definition) is 3. The van der Waals surface area contributed by atoms with E-state index in [-0.39, 0.29) is 13.0 Å². The molecule has 0 fully saturated rings. The van der Waals surface area contributed by atoms with Crippen molar-refractivity contribution in [1.82, 2.24) is 0 Å². The molecule has 0 rings (SSSR count). The second-order valence-corrected chi connectivity index (χ2v) is 2.38. The van der Waals surface area contributed by atoms with Crippen LogP contribution in [0.3, 0.4) is 0 Å². The molecule has 0 saturated heterocycles. The quantitative estimate of drug-likeness (QED) is 0.476. The highest BCUT2D eigenvalue weighted by atomic mass is 16.6. The molecule has 0 bridgehead atoms. The zero-order chi connectivity index (χ0) is 8.69. The van der Waals surface area contributed by atoms with Gasteiger partial charge < -0.3 is 20.1 Å². The molecule has 0 aliphatic rings. The van der Waals surface area contributed by atoms with Gasteiger partial charge in [0.1, 0.15) is 0 Å². The van der Waals surface area contributed by atoms with Crippen molar-refractivity contribution in [2.45, 2.75) is 38.8 Å². The molecule has 0 aromatic rings. The summed E-state index contributed by atoms with van der Waals surface area (Å²) in [7, 11) is 0. The van der Waals surface area contributed by atoms with E-state index in [0.29, 0.717) is 6.42 Å². The third-order valence-electron chi connectivity index (χ3n) is 1.22. The average Bonchev–Trinajstić information content (AvgIpc) is 1.87. The van der Waals surface area contributed by atoms with Gasteiger partial charge in [-0.25, -0.2) is 0 Å². The van der Waals surface area contributed by atoms with Gasteiger partial charge in [0.25, 0.3) is 0 Å². The Morgan fingerprint density at radius 1 is 1.18 bits per heavy atom. The molecule has 4 heteroatoms. The highest BCUT2D eigenvalue weighted by Crippen LogP contribution is 1.99. The van der Waals surface area contributed by atoms with Crippen LogP contribution in [-0.2, 0) is 4.74 Å².